The number of benzene rings is 1. The van der Waals surface area contributed by atoms with E-state index < -0.39 is 5.82 Å². The van der Waals surface area contributed by atoms with Gasteiger partial charge in [0.15, 0.2) is 11.6 Å². The van der Waals surface area contributed by atoms with Crippen LogP contribution in [0.4, 0.5) is 10.1 Å². The fraction of sp³-hybridized carbons (Fsp3) is 0.308. The van der Waals surface area contributed by atoms with Gasteiger partial charge in [0, 0.05) is 30.1 Å². The molecule has 0 saturated carbocycles. The van der Waals surface area contributed by atoms with Gasteiger partial charge in [0.1, 0.15) is 6.61 Å². The summed E-state index contributed by atoms with van der Waals surface area (Å²) in [6.07, 6.45) is 3.59. The molecule has 2 aromatic rings. The Kier molecular flexibility index (Phi) is 3.50. The Hall–Kier alpha value is -2.04. The summed E-state index contributed by atoms with van der Waals surface area (Å²) < 4.78 is 20.8. The Labute approximate surface area is 105 Å². The van der Waals surface area contributed by atoms with E-state index in [0.29, 0.717) is 12.3 Å². The van der Waals surface area contributed by atoms with Crippen LogP contribution in [0.1, 0.15) is 18.1 Å². The maximum absolute atomic E-state index is 13.6. The Balaban J connectivity index is 2.08. The predicted octanol–water partition coefficient (Wildman–Crippen LogP) is 2.51. The van der Waals surface area contributed by atoms with Gasteiger partial charge < -0.3 is 10.5 Å². The SMILES string of the molecule is CCn1cc(COc2cc(C)c(N)cc2F)cn1. The number of nitrogen functional groups attached to an aromatic ring is 1. The van der Waals surface area contributed by atoms with Gasteiger partial charge in [0.05, 0.1) is 6.20 Å². The Bertz CT molecular complexity index is 551. The lowest BCUT2D eigenvalue weighted by Gasteiger charge is -2.08. The summed E-state index contributed by atoms with van der Waals surface area (Å²) in [6, 6.07) is 2.88. The first-order chi connectivity index (χ1) is 8.60. The molecule has 5 heteroatoms. The zero-order valence-corrected chi connectivity index (χ0v) is 10.5. The third-order valence-corrected chi connectivity index (χ3v) is 2.73. The van der Waals surface area contributed by atoms with Crippen molar-refractivity contribution in [2.45, 2.75) is 27.0 Å². The largest absolute Gasteiger partial charge is 0.486 e. The average Bonchev–Trinajstić information content (AvgIpc) is 2.80. The molecule has 4 nitrogen and oxygen atoms in total. The van der Waals surface area contributed by atoms with Crippen LogP contribution in [-0.4, -0.2) is 9.78 Å². The molecule has 2 N–H and O–H groups in total. The average molecular weight is 249 g/mol. The molecule has 2 rings (SSSR count). The molecule has 1 aromatic carbocycles. The number of aromatic nitrogens is 2. The highest BCUT2D eigenvalue weighted by Gasteiger charge is 2.07. The highest BCUT2D eigenvalue weighted by Crippen LogP contribution is 2.24. The molecular formula is C13H16FN3O. The number of hydrogen-bond donors (Lipinski definition) is 1. The first-order valence-corrected chi connectivity index (χ1v) is 5.80. The van der Waals surface area contributed by atoms with E-state index in [1.807, 2.05) is 20.0 Å². The van der Waals surface area contributed by atoms with Crippen molar-refractivity contribution in [1.29, 1.82) is 0 Å². The minimum atomic E-state index is -0.444. The molecule has 18 heavy (non-hydrogen) atoms. The van der Waals surface area contributed by atoms with E-state index in [-0.39, 0.29) is 5.75 Å². The van der Waals surface area contributed by atoms with Crippen molar-refractivity contribution in [1.82, 2.24) is 9.78 Å². The fourth-order valence-corrected chi connectivity index (χ4v) is 1.60. The van der Waals surface area contributed by atoms with Crippen LogP contribution in [0.15, 0.2) is 24.5 Å². The number of hydrogen-bond acceptors (Lipinski definition) is 3. The van der Waals surface area contributed by atoms with Crippen molar-refractivity contribution >= 4 is 5.69 Å². The van der Waals surface area contributed by atoms with Crippen LogP contribution in [-0.2, 0) is 13.2 Å². The van der Waals surface area contributed by atoms with Gasteiger partial charge in [-0.3, -0.25) is 4.68 Å². The smallest absolute Gasteiger partial charge is 0.167 e. The molecule has 96 valence electrons. The van der Waals surface area contributed by atoms with E-state index in [4.69, 9.17) is 10.5 Å². The number of halogens is 1. The number of nitrogens with zero attached hydrogens (tertiary/aromatic N) is 2. The van der Waals surface area contributed by atoms with Crippen molar-refractivity contribution in [2.75, 3.05) is 5.73 Å². The number of rotatable bonds is 4. The minimum Gasteiger partial charge on any atom is -0.486 e. The second-order valence-corrected chi connectivity index (χ2v) is 4.13. The highest BCUT2D eigenvalue weighted by molar-refractivity contribution is 5.50. The normalized spacial score (nSPS) is 10.6. The second kappa shape index (κ2) is 5.08. The Morgan fingerprint density at radius 2 is 2.22 bits per heavy atom. The molecule has 1 aromatic heterocycles. The summed E-state index contributed by atoms with van der Waals surface area (Å²) in [7, 11) is 0. The number of anilines is 1. The van der Waals surface area contributed by atoms with E-state index in [1.54, 1.807) is 16.9 Å². The number of ether oxygens (including phenoxy) is 1. The second-order valence-electron chi connectivity index (χ2n) is 4.13. The van der Waals surface area contributed by atoms with E-state index in [9.17, 15) is 4.39 Å². The van der Waals surface area contributed by atoms with Crippen molar-refractivity contribution in [3.8, 4) is 5.75 Å². The molecule has 0 bridgehead atoms. The summed E-state index contributed by atoms with van der Waals surface area (Å²) in [5, 5.41) is 4.12. The lowest BCUT2D eigenvalue weighted by molar-refractivity contribution is 0.290. The van der Waals surface area contributed by atoms with Gasteiger partial charge in [-0.05, 0) is 25.5 Å². The maximum atomic E-state index is 13.6. The molecule has 0 spiro atoms. The summed E-state index contributed by atoms with van der Waals surface area (Å²) in [5.74, 6) is -0.230. The van der Waals surface area contributed by atoms with Crippen LogP contribution in [0.25, 0.3) is 0 Å². The lowest BCUT2D eigenvalue weighted by atomic mass is 10.2. The van der Waals surface area contributed by atoms with Crippen LogP contribution in [0.3, 0.4) is 0 Å². The molecule has 0 saturated heterocycles. The van der Waals surface area contributed by atoms with Gasteiger partial charge in [0.2, 0.25) is 0 Å². The summed E-state index contributed by atoms with van der Waals surface area (Å²) in [6.45, 7) is 4.91. The first-order valence-electron chi connectivity index (χ1n) is 5.80. The standard InChI is InChI=1S/C13H16FN3O/c1-3-17-7-10(6-16-17)8-18-13-4-9(2)12(15)5-11(13)14/h4-7H,3,8,15H2,1-2H3. The van der Waals surface area contributed by atoms with E-state index in [1.165, 1.54) is 6.07 Å². The van der Waals surface area contributed by atoms with Crippen molar-refractivity contribution in [2.24, 2.45) is 0 Å². The third kappa shape index (κ3) is 2.61. The number of nitrogens with two attached hydrogens (primary N) is 1. The summed E-state index contributed by atoms with van der Waals surface area (Å²) in [4.78, 5) is 0. The minimum absolute atomic E-state index is 0.214. The lowest BCUT2D eigenvalue weighted by Crippen LogP contribution is -1.99. The molecule has 0 aliphatic rings. The van der Waals surface area contributed by atoms with Gasteiger partial charge in [-0.1, -0.05) is 0 Å². The van der Waals surface area contributed by atoms with E-state index >= 15 is 0 Å². The van der Waals surface area contributed by atoms with Gasteiger partial charge >= 0.3 is 0 Å². The molecule has 0 fully saturated rings. The highest BCUT2D eigenvalue weighted by atomic mass is 19.1. The van der Waals surface area contributed by atoms with E-state index in [0.717, 1.165) is 17.7 Å². The van der Waals surface area contributed by atoms with Gasteiger partial charge in [-0.25, -0.2) is 4.39 Å². The van der Waals surface area contributed by atoms with Gasteiger partial charge in [-0.2, -0.15) is 5.10 Å². The van der Waals surface area contributed by atoms with Crippen molar-refractivity contribution in [3.05, 3.63) is 41.5 Å². The van der Waals surface area contributed by atoms with Crippen LogP contribution in [0.5, 0.6) is 5.75 Å². The molecular weight excluding hydrogens is 233 g/mol. The van der Waals surface area contributed by atoms with Crippen LogP contribution in [0, 0.1) is 12.7 Å². The molecule has 0 aliphatic heterocycles. The number of aryl methyl sites for hydroxylation is 2. The summed E-state index contributed by atoms with van der Waals surface area (Å²) in [5.41, 5.74) is 7.75. The van der Waals surface area contributed by atoms with E-state index in [2.05, 4.69) is 5.10 Å². The molecule has 0 atom stereocenters. The Morgan fingerprint density at radius 3 is 2.89 bits per heavy atom. The first kappa shape index (κ1) is 12.4. The van der Waals surface area contributed by atoms with Crippen molar-refractivity contribution < 1.29 is 9.13 Å². The van der Waals surface area contributed by atoms with Crippen molar-refractivity contribution in [3.63, 3.8) is 0 Å². The maximum Gasteiger partial charge on any atom is 0.167 e. The predicted molar refractivity (Wildman–Crippen MR) is 67.8 cm³/mol. The molecule has 0 amide bonds. The topological polar surface area (TPSA) is 53.1 Å². The van der Waals surface area contributed by atoms with Crippen LogP contribution >= 0.6 is 0 Å². The van der Waals surface area contributed by atoms with Crippen LogP contribution in [0.2, 0.25) is 0 Å². The fourth-order valence-electron chi connectivity index (χ4n) is 1.60. The van der Waals surface area contributed by atoms with Gasteiger partial charge in [0.25, 0.3) is 0 Å². The van der Waals surface area contributed by atoms with Gasteiger partial charge in [-0.15, -0.1) is 0 Å². The zero-order valence-electron chi connectivity index (χ0n) is 10.5. The molecule has 0 unspecified atom stereocenters. The summed E-state index contributed by atoms with van der Waals surface area (Å²) >= 11 is 0. The molecule has 1 heterocycles. The third-order valence-electron chi connectivity index (χ3n) is 2.73. The zero-order chi connectivity index (χ0) is 13.1. The molecule has 0 aliphatic carbocycles. The van der Waals surface area contributed by atoms with Crippen LogP contribution < -0.4 is 10.5 Å². The monoisotopic (exact) mass is 249 g/mol. The quantitative estimate of drug-likeness (QED) is 0.847. The molecule has 0 radical (unpaired) electrons. The Morgan fingerprint density at radius 1 is 1.44 bits per heavy atom.